The highest BCUT2D eigenvalue weighted by atomic mass is 15.2. The Morgan fingerprint density at radius 1 is 1.18 bits per heavy atom. The van der Waals surface area contributed by atoms with E-state index < -0.39 is 0 Å². The SMILES string of the molecule is NNCCCN1CCCCC1. The molecule has 1 saturated heterocycles. The van der Waals surface area contributed by atoms with Crippen molar-refractivity contribution in [1.82, 2.24) is 10.3 Å². The summed E-state index contributed by atoms with van der Waals surface area (Å²) in [5.41, 5.74) is 2.68. The second kappa shape index (κ2) is 5.52. The quantitative estimate of drug-likeness (QED) is 0.351. The first-order valence-corrected chi connectivity index (χ1v) is 4.59. The minimum absolute atomic E-state index is 0.941. The fourth-order valence-corrected chi connectivity index (χ4v) is 1.59. The van der Waals surface area contributed by atoms with Crippen LogP contribution in [0.5, 0.6) is 0 Å². The van der Waals surface area contributed by atoms with E-state index in [0.717, 1.165) is 6.54 Å². The first-order valence-electron chi connectivity index (χ1n) is 4.59. The third-order valence-electron chi connectivity index (χ3n) is 2.24. The van der Waals surface area contributed by atoms with Crippen molar-refractivity contribution in [3.8, 4) is 0 Å². The zero-order valence-corrected chi connectivity index (χ0v) is 7.18. The lowest BCUT2D eigenvalue weighted by molar-refractivity contribution is 0.226. The molecule has 1 heterocycles. The highest BCUT2D eigenvalue weighted by molar-refractivity contribution is 4.64. The molecule has 0 amide bonds. The highest BCUT2D eigenvalue weighted by Crippen LogP contribution is 2.08. The number of piperidine rings is 1. The molecule has 0 unspecified atom stereocenters. The van der Waals surface area contributed by atoms with Gasteiger partial charge in [0.1, 0.15) is 0 Å². The van der Waals surface area contributed by atoms with Crippen LogP contribution >= 0.6 is 0 Å². The molecule has 1 aliphatic heterocycles. The van der Waals surface area contributed by atoms with E-state index in [1.165, 1.54) is 45.3 Å². The molecule has 11 heavy (non-hydrogen) atoms. The van der Waals surface area contributed by atoms with Crippen LogP contribution < -0.4 is 11.3 Å². The van der Waals surface area contributed by atoms with E-state index in [4.69, 9.17) is 5.84 Å². The van der Waals surface area contributed by atoms with Crippen LogP contribution in [0.2, 0.25) is 0 Å². The molecule has 0 aromatic carbocycles. The van der Waals surface area contributed by atoms with Crippen molar-refractivity contribution in [3.63, 3.8) is 0 Å². The van der Waals surface area contributed by atoms with E-state index in [9.17, 15) is 0 Å². The van der Waals surface area contributed by atoms with Gasteiger partial charge in [0.05, 0.1) is 0 Å². The standard InChI is InChI=1S/C8H19N3/c9-10-5-4-8-11-6-2-1-3-7-11/h10H,1-9H2. The van der Waals surface area contributed by atoms with Crippen LogP contribution in [0.4, 0.5) is 0 Å². The summed E-state index contributed by atoms with van der Waals surface area (Å²) < 4.78 is 0. The smallest absolute Gasteiger partial charge is 0.0110 e. The lowest BCUT2D eigenvalue weighted by Crippen LogP contribution is -2.33. The molecular weight excluding hydrogens is 138 g/mol. The monoisotopic (exact) mass is 157 g/mol. The van der Waals surface area contributed by atoms with Crippen molar-refractivity contribution in [1.29, 1.82) is 0 Å². The van der Waals surface area contributed by atoms with Gasteiger partial charge in [0.15, 0.2) is 0 Å². The Morgan fingerprint density at radius 2 is 1.91 bits per heavy atom. The molecule has 0 aliphatic carbocycles. The van der Waals surface area contributed by atoms with Crippen molar-refractivity contribution in [3.05, 3.63) is 0 Å². The van der Waals surface area contributed by atoms with Crippen LogP contribution in [0.3, 0.4) is 0 Å². The summed E-state index contributed by atoms with van der Waals surface area (Å²) in [4.78, 5) is 2.53. The summed E-state index contributed by atoms with van der Waals surface area (Å²) in [5, 5.41) is 0. The average Bonchev–Trinajstić information content (AvgIpc) is 2.07. The molecule has 3 nitrogen and oxygen atoms in total. The number of nitrogens with one attached hydrogen (secondary N) is 1. The molecule has 1 rings (SSSR count). The predicted octanol–water partition coefficient (Wildman–Crippen LogP) is 0.326. The van der Waals surface area contributed by atoms with Crippen molar-refractivity contribution >= 4 is 0 Å². The van der Waals surface area contributed by atoms with E-state index in [1.54, 1.807) is 0 Å². The largest absolute Gasteiger partial charge is 0.303 e. The fraction of sp³-hybridized carbons (Fsp3) is 1.00. The van der Waals surface area contributed by atoms with Gasteiger partial charge in [0, 0.05) is 6.54 Å². The highest BCUT2D eigenvalue weighted by Gasteiger charge is 2.08. The number of nitrogens with two attached hydrogens (primary N) is 1. The number of hydrazine groups is 1. The molecular formula is C8H19N3. The Morgan fingerprint density at radius 3 is 2.55 bits per heavy atom. The Hall–Kier alpha value is -0.120. The van der Waals surface area contributed by atoms with Gasteiger partial charge in [-0.05, 0) is 38.9 Å². The van der Waals surface area contributed by atoms with Crippen LogP contribution in [0.25, 0.3) is 0 Å². The molecule has 1 aliphatic rings. The molecule has 0 saturated carbocycles. The number of nitrogens with zero attached hydrogens (tertiary/aromatic N) is 1. The molecule has 0 radical (unpaired) electrons. The van der Waals surface area contributed by atoms with Gasteiger partial charge >= 0.3 is 0 Å². The van der Waals surface area contributed by atoms with E-state index in [2.05, 4.69) is 10.3 Å². The Balaban J connectivity index is 1.96. The minimum atomic E-state index is 0.941. The van der Waals surface area contributed by atoms with Crippen LogP contribution in [-0.2, 0) is 0 Å². The molecule has 1 fully saturated rings. The third-order valence-corrected chi connectivity index (χ3v) is 2.24. The van der Waals surface area contributed by atoms with E-state index in [0.29, 0.717) is 0 Å². The summed E-state index contributed by atoms with van der Waals surface area (Å²) in [6.07, 6.45) is 5.37. The van der Waals surface area contributed by atoms with Crippen molar-refractivity contribution in [2.75, 3.05) is 26.2 Å². The predicted molar refractivity (Wildman–Crippen MR) is 47.1 cm³/mol. The Labute approximate surface area is 68.9 Å². The summed E-state index contributed by atoms with van der Waals surface area (Å²) in [5.74, 6) is 5.18. The van der Waals surface area contributed by atoms with Gasteiger partial charge in [0.2, 0.25) is 0 Å². The molecule has 3 heteroatoms. The molecule has 3 N–H and O–H groups in total. The molecule has 0 atom stereocenters. The molecule has 0 aromatic heterocycles. The van der Waals surface area contributed by atoms with Crippen molar-refractivity contribution in [2.45, 2.75) is 25.7 Å². The zero-order valence-electron chi connectivity index (χ0n) is 7.18. The maximum atomic E-state index is 5.18. The summed E-state index contributed by atoms with van der Waals surface area (Å²) >= 11 is 0. The Kier molecular flexibility index (Phi) is 4.50. The van der Waals surface area contributed by atoms with Crippen LogP contribution in [0.1, 0.15) is 25.7 Å². The Bertz CT molecular complexity index is 89.3. The topological polar surface area (TPSA) is 41.3 Å². The summed E-state index contributed by atoms with van der Waals surface area (Å²) in [6.45, 7) is 4.75. The summed E-state index contributed by atoms with van der Waals surface area (Å²) in [7, 11) is 0. The maximum absolute atomic E-state index is 5.18. The van der Waals surface area contributed by atoms with E-state index >= 15 is 0 Å². The normalized spacial score (nSPS) is 20.5. The lowest BCUT2D eigenvalue weighted by atomic mass is 10.1. The van der Waals surface area contributed by atoms with Gasteiger partial charge in [-0.1, -0.05) is 6.42 Å². The van der Waals surface area contributed by atoms with Gasteiger partial charge in [-0.15, -0.1) is 0 Å². The van der Waals surface area contributed by atoms with Crippen LogP contribution in [0.15, 0.2) is 0 Å². The number of rotatable bonds is 4. The fourth-order valence-electron chi connectivity index (χ4n) is 1.59. The van der Waals surface area contributed by atoms with E-state index in [1.807, 2.05) is 0 Å². The zero-order chi connectivity index (χ0) is 7.94. The molecule has 0 spiro atoms. The average molecular weight is 157 g/mol. The van der Waals surface area contributed by atoms with Crippen molar-refractivity contribution in [2.24, 2.45) is 5.84 Å². The van der Waals surface area contributed by atoms with Gasteiger partial charge < -0.3 is 4.90 Å². The molecule has 66 valence electrons. The number of likely N-dealkylation sites (tertiary alicyclic amines) is 1. The molecule has 0 bridgehead atoms. The van der Waals surface area contributed by atoms with Crippen molar-refractivity contribution < 1.29 is 0 Å². The van der Waals surface area contributed by atoms with Gasteiger partial charge in [-0.3, -0.25) is 11.3 Å². The second-order valence-corrected chi connectivity index (χ2v) is 3.21. The number of hydrogen-bond acceptors (Lipinski definition) is 3. The first-order chi connectivity index (χ1) is 5.43. The lowest BCUT2D eigenvalue weighted by Gasteiger charge is -2.26. The molecule has 0 aromatic rings. The minimum Gasteiger partial charge on any atom is -0.303 e. The van der Waals surface area contributed by atoms with E-state index in [-0.39, 0.29) is 0 Å². The first kappa shape index (κ1) is 8.97. The maximum Gasteiger partial charge on any atom is 0.0110 e. The third kappa shape index (κ3) is 3.70. The van der Waals surface area contributed by atoms with Gasteiger partial charge in [-0.25, -0.2) is 0 Å². The van der Waals surface area contributed by atoms with Crippen LogP contribution in [0, 0.1) is 0 Å². The van der Waals surface area contributed by atoms with Gasteiger partial charge in [0.25, 0.3) is 0 Å². The summed E-state index contributed by atoms with van der Waals surface area (Å²) in [6, 6.07) is 0. The van der Waals surface area contributed by atoms with Gasteiger partial charge in [-0.2, -0.15) is 0 Å². The van der Waals surface area contributed by atoms with Crippen LogP contribution in [-0.4, -0.2) is 31.1 Å². The number of hydrogen-bond donors (Lipinski definition) is 2. The second-order valence-electron chi connectivity index (χ2n) is 3.21.